The molecule has 100 valence electrons. The van der Waals surface area contributed by atoms with E-state index in [0.717, 1.165) is 0 Å². The van der Waals surface area contributed by atoms with Gasteiger partial charge in [0.05, 0.1) is 11.1 Å². The molecule has 19 heavy (non-hydrogen) atoms. The Bertz CT molecular complexity index is 642. The molecule has 1 heterocycles. The first kappa shape index (κ1) is 13.1. The first-order valence-electron chi connectivity index (χ1n) is 5.50. The number of rotatable bonds is 2. The fourth-order valence-electron chi connectivity index (χ4n) is 1.89. The van der Waals surface area contributed by atoms with Crippen molar-refractivity contribution < 1.29 is 19.9 Å². The van der Waals surface area contributed by atoms with E-state index in [2.05, 4.69) is 0 Å². The normalized spacial score (nSPS) is 10.5. The van der Waals surface area contributed by atoms with Crippen molar-refractivity contribution in [3.8, 4) is 0 Å². The summed E-state index contributed by atoms with van der Waals surface area (Å²) in [6, 6.07) is 6.05. The highest BCUT2D eigenvalue weighted by Crippen LogP contribution is 2.34. The molecule has 0 aliphatic rings. The quantitative estimate of drug-likeness (QED) is 0.480. The van der Waals surface area contributed by atoms with Crippen LogP contribution in [-0.2, 0) is 4.79 Å². The molecule has 1 aromatic heterocycles. The Balaban J connectivity index is 2.80. The number of carbonyl (C=O) groups excluding carboxylic acids is 1. The van der Waals surface area contributed by atoms with Gasteiger partial charge in [0.15, 0.2) is 6.20 Å². The molecular formula is C12H13N3O4. The minimum Gasteiger partial charge on any atom is -0.618 e. The van der Waals surface area contributed by atoms with E-state index < -0.39 is 0 Å². The third kappa shape index (κ3) is 2.16. The van der Waals surface area contributed by atoms with Crippen LogP contribution in [0.3, 0.4) is 0 Å². The number of hydrogen-bond acceptors (Lipinski definition) is 5. The van der Waals surface area contributed by atoms with Gasteiger partial charge in [-0.2, -0.15) is 4.73 Å². The number of benzene rings is 1. The Kier molecular flexibility index (Phi) is 3.24. The van der Waals surface area contributed by atoms with Crippen molar-refractivity contribution in [1.29, 1.82) is 0 Å². The molecule has 0 unspecified atom stereocenters. The second kappa shape index (κ2) is 4.71. The van der Waals surface area contributed by atoms with Crippen molar-refractivity contribution >= 4 is 28.2 Å². The van der Waals surface area contributed by atoms with Crippen LogP contribution in [0.5, 0.6) is 0 Å². The minimum atomic E-state index is -0.270. The molecule has 0 atom stereocenters. The predicted molar refractivity (Wildman–Crippen MR) is 68.0 cm³/mol. The van der Waals surface area contributed by atoms with Gasteiger partial charge < -0.3 is 10.1 Å². The highest BCUT2D eigenvalue weighted by atomic mass is 16.8. The van der Waals surface area contributed by atoms with Crippen LogP contribution >= 0.6 is 0 Å². The predicted octanol–water partition coefficient (Wildman–Crippen LogP) is 1.04. The summed E-state index contributed by atoms with van der Waals surface area (Å²) in [6.45, 7) is 1.35. The number of nitrogens with zero attached hydrogens (tertiary/aromatic N) is 3. The van der Waals surface area contributed by atoms with Gasteiger partial charge in [0.1, 0.15) is 5.69 Å². The molecule has 0 aliphatic carbocycles. The van der Waals surface area contributed by atoms with Gasteiger partial charge in [-0.25, -0.2) is 0 Å². The van der Waals surface area contributed by atoms with Gasteiger partial charge in [0.25, 0.3) is 0 Å². The maximum Gasteiger partial charge on any atom is 0.226 e. The van der Waals surface area contributed by atoms with E-state index in [4.69, 9.17) is 0 Å². The van der Waals surface area contributed by atoms with E-state index in [1.54, 1.807) is 6.07 Å². The molecule has 0 saturated heterocycles. The number of amides is 1. The molecule has 0 aliphatic heterocycles. The summed E-state index contributed by atoms with van der Waals surface area (Å²) in [5, 5.41) is 30.6. The van der Waals surface area contributed by atoms with Crippen LogP contribution in [0.1, 0.15) is 6.92 Å². The number of pyridine rings is 1. The SMILES string of the molecule is CC(=O)N(C)c1ccc2c(ccc[n+]2[O-])c1N(O)O. The second-order valence-electron chi connectivity index (χ2n) is 4.07. The summed E-state index contributed by atoms with van der Waals surface area (Å²) in [5.41, 5.74) is 0.530. The van der Waals surface area contributed by atoms with Crippen LogP contribution in [0.2, 0.25) is 0 Å². The van der Waals surface area contributed by atoms with Crippen molar-refractivity contribution in [3.05, 3.63) is 35.7 Å². The number of aromatic nitrogens is 1. The first-order chi connectivity index (χ1) is 8.93. The van der Waals surface area contributed by atoms with Crippen LogP contribution in [0.25, 0.3) is 10.9 Å². The monoisotopic (exact) mass is 263 g/mol. The molecule has 0 spiro atoms. The van der Waals surface area contributed by atoms with Gasteiger partial charge in [0, 0.05) is 26.1 Å². The molecule has 2 N–H and O–H groups in total. The van der Waals surface area contributed by atoms with Gasteiger partial charge >= 0.3 is 0 Å². The van der Waals surface area contributed by atoms with E-state index in [9.17, 15) is 20.4 Å². The zero-order chi connectivity index (χ0) is 14.2. The average Bonchev–Trinajstić information content (AvgIpc) is 2.36. The summed E-state index contributed by atoms with van der Waals surface area (Å²) < 4.78 is 0.611. The van der Waals surface area contributed by atoms with E-state index in [1.807, 2.05) is 0 Å². The first-order valence-corrected chi connectivity index (χ1v) is 5.50. The Labute approximate surface area is 109 Å². The van der Waals surface area contributed by atoms with Crippen LogP contribution < -0.4 is 14.9 Å². The number of hydrogen-bond donors (Lipinski definition) is 2. The van der Waals surface area contributed by atoms with Crippen molar-refractivity contribution in [3.63, 3.8) is 0 Å². The van der Waals surface area contributed by atoms with E-state index in [1.165, 1.54) is 43.3 Å². The number of fused-ring (bicyclic) bond motifs is 1. The molecule has 1 aromatic carbocycles. The van der Waals surface area contributed by atoms with Crippen molar-refractivity contribution in [2.45, 2.75) is 6.92 Å². The molecule has 0 radical (unpaired) electrons. The summed E-state index contributed by atoms with van der Waals surface area (Å²) >= 11 is 0. The van der Waals surface area contributed by atoms with Crippen LogP contribution in [0, 0.1) is 5.21 Å². The standard InChI is InChI=1S/C12H13N3O4/c1-8(16)13(2)11-6-5-10-9(12(11)15(18)19)4-3-7-14(10)17/h3-7,18-19H,1-2H3. The summed E-state index contributed by atoms with van der Waals surface area (Å²) in [6.07, 6.45) is 1.31. The fourth-order valence-corrected chi connectivity index (χ4v) is 1.89. The van der Waals surface area contributed by atoms with Gasteiger partial charge in [-0.05, 0) is 12.1 Å². The molecule has 1 amide bonds. The maximum atomic E-state index is 11.6. The smallest absolute Gasteiger partial charge is 0.226 e. The molecule has 0 bridgehead atoms. The van der Waals surface area contributed by atoms with Crippen LogP contribution in [0.4, 0.5) is 11.4 Å². The Morgan fingerprint density at radius 1 is 1.32 bits per heavy atom. The number of carbonyl (C=O) groups is 1. The summed E-state index contributed by atoms with van der Waals surface area (Å²) in [5.74, 6) is -0.270. The Morgan fingerprint density at radius 2 is 2.00 bits per heavy atom. The van der Waals surface area contributed by atoms with E-state index in [0.29, 0.717) is 10.1 Å². The van der Waals surface area contributed by atoms with Gasteiger partial charge in [-0.15, -0.1) is 5.23 Å². The lowest BCUT2D eigenvalue weighted by atomic mass is 10.1. The fraction of sp³-hybridized carbons (Fsp3) is 0.167. The van der Waals surface area contributed by atoms with E-state index in [-0.39, 0.29) is 28.0 Å². The molecule has 7 nitrogen and oxygen atoms in total. The lowest BCUT2D eigenvalue weighted by Crippen LogP contribution is -2.29. The minimum absolute atomic E-state index is 0.0274. The lowest BCUT2D eigenvalue weighted by molar-refractivity contribution is -0.577. The second-order valence-corrected chi connectivity index (χ2v) is 4.07. The maximum absolute atomic E-state index is 11.6. The van der Waals surface area contributed by atoms with Crippen molar-refractivity contribution in [1.82, 2.24) is 0 Å². The number of anilines is 2. The molecule has 2 rings (SSSR count). The van der Waals surface area contributed by atoms with Gasteiger partial charge in [-0.1, -0.05) is 0 Å². The summed E-state index contributed by atoms with van der Waals surface area (Å²) in [4.78, 5) is 12.7. The molecule has 0 fully saturated rings. The largest absolute Gasteiger partial charge is 0.618 e. The molecule has 0 saturated carbocycles. The third-order valence-corrected chi connectivity index (χ3v) is 2.93. The highest BCUT2D eigenvalue weighted by molar-refractivity contribution is 6.03. The third-order valence-electron chi connectivity index (χ3n) is 2.93. The van der Waals surface area contributed by atoms with Crippen molar-refractivity contribution in [2.24, 2.45) is 0 Å². The molecule has 2 aromatic rings. The average molecular weight is 263 g/mol. The van der Waals surface area contributed by atoms with Gasteiger partial charge in [0.2, 0.25) is 11.4 Å². The zero-order valence-corrected chi connectivity index (χ0v) is 10.4. The molecule has 7 heteroatoms. The molecular weight excluding hydrogens is 250 g/mol. The van der Waals surface area contributed by atoms with Gasteiger partial charge in [-0.3, -0.25) is 15.2 Å². The highest BCUT2D eigenvalue weighted by Gasteiger charge is 2.20. The topological polar surface area (TPSA) is 91.0 Å². The lowest BCUT2D eigenvalue weighted by Gasteiger charge is -2.21. The summed E-state index contributed by atoms with van der Waals surface area (Å²) in [7, 11) is 1.50. The zero-order valence-electron chi connectivity index (χ0n) is 10.4. The van der Waals surface area contributed by atoms with Crippen molar-refractivity contribution in [2.75, 3.05) is 17.2 Å². The van der Waals surface area contributed by atoms with Crippen LogP contribution in [0.15, 0.2) is 30.5 Å². The van der Waals surface area contributed by atoms with Crippen LogP contribution in [-0.4, -0.2) is 23.4 Å². The Hall–Kier alpha value is -2.38. The van der Waals surface area contributed by atoms with E-state index >= 15 is 0 Å². The Morgan fingerprint density at radius 3 is 2.58 bits per heavy atom.